The van der Waals surface area contributed by atoms with E-state index in [0.29, 0.717) is 9.80 Å². The first-order chi connectivity index (χ1) is 13.9. The van der Waals surface area contributed by atoms with Crippen LogP contribution in [0.3, 0.4) is 0 Å². The van der Waals surface area contributed by atoms with Crippen molar-refractivity contribution in [2.24, 2.45) is 0 Å². The maximum atomic E-state index is 11.6. The van der Waals surface area contributed by atoms with Gasteiger partial charge in [0.15, 0.2) is 0 Å². The maximum absolute atomic E-state index is 11.6. The summed E-state index contributed by atoms with van der Waals surface area (Å²) in [4.78, 5) is 82.5. The third-order valence-electron chi connectivity index (χ3n) is 3.81. The van der Waals surface area contributed by atoms with Crippen LogP contribution in [0.2, 0.25) is 0 Å². The smallest absolute Gasteiger partial charge is 0.339 e. The number of rotatable bonds is 16. The lowest BCUT2D eigenvalue weighted by molar-refractivity contribution is -0.156. The molecule has 0 bridgehead atoms. The van der Waals surface area contributed by atoms with Gasteiger partial charge in [-0.05, 0) is 6.42 Å². The van der Waals surface area contributed by atoms with Crippen molar-refractivity contribution in [2.45, 2.75) is 31.3 Å². The molecule has 0 amide bonds. The molecule has 18 heteroatoms. The molecule has 0 aromatic heterocycles. The average Bonchev–Trinajstić information content (AvgIpc) is 2.51. The molecule has 2 atom stereocenters. The third-order valence-corrected chi connectivity index (χ3v) is 5.35. The van der Waals surface area contributed by atoms with Crippen molar-refractivity contribution < 1.29 is 68.3 Å². The van der Waals surface area contributed by atoms with Crippen molar-refractivity contribution in [2.75, 3.05) is 25.7 Å². The average molecular weight is 494 g/mol. The van der Waals surface area contributed by atoms with E-state index in [1.165, 1.54) is 0 Å². The molecule has 16 nitrogen and oxygen atoms in total. The van der Waals surface area contributed by atoms with Crippen LogP contribution in [-0.2, 0) is 28.3 Å². The minimum atomic E-state index is -4.84. The Labute approximate surface area is 175 Å². The van der Waals surface area contributed by atoms with Gasteiger partial charge in [-0.3, -0.25) is 38.1 Å². The minimum absolute atomic E-state index is 0.574. The van der Waals surface area contributed by atoms with E-state index in [0.717, 1.165) is 0 Å². The van der Waals surface area contributed by atoms with Crippen LogP contribution in [-0.4, -0.2) is 111 Å². The highest BCUT2D eigenvalue weighted by Crippen LogP contribution is 2.40. The molecule has 0 radical (unpaired) electrons. The van der Waals surface area contributed by atoms with E-state index in [4.69, 9.17) is 29.8 Å². The van der Waals surface area contributed by atoms with E-state index >= 15 is 0 Å². The van der Waals surface area contributed by atoms with Crippen LogP contribution in [0.1, 0.15) is 19.3 Å². The molecule has 0 saturated heterocycles. The van der Waals surface area contributed by atoms with Gasteiger partial charge >= 0.3 is 39.1 Å². The van der Waals surface area contributed by atoms with Crippen LogP contribution in [0.25, 0.3) is 0 Å². The maximum Gasteiger partial charge on any atom is 0.339 e. The van der Waals surface area contributed by atoms with Gasteiger partial charge in [0, 0.05) is 19.5 Å². The summed E-state index contributed by atoms with van der Waals surface area (Å²) >= 11 is 0. The third kappa shape index (κ3) is 13.2. The number of aliphatic carboxylic acids is 4. The molecule has 8 N–H and O–H groups in total. The van der Waals surface area contributed by atoms with Crippen LogP contribution in [0.5, 0.6) is 0 Å². The monoisotopic (exact) mass is 494 g/mol. The van der Waals surface area contributed by atoms with E-state index in [2.05, 4.69) is 0 Å². The van der Waals surface area contributed by atoms with Crippen LogP contribution < -0.4 is 0 Å². The minimum Gasteiger partial charge on any atom is -0.481 e. The van der Waals surface area contributed by atoms with Crippen molar-refractivity contribution in [1.82, 2.24) is 9.80 Å². The summed E-state index contributed by atoms with van der Waals surface area (Å²) in [6.45, 7) is -1.38. The van der Waals surface area contributed by atoms with Gasteiger partial charge in [-0.1, -0.05) is 0 Å². The predicted octanol–water partition coefficient (Wildman–Crippen LogP) is -1.89. The van der Waals surface area contributed by atoms with Crippen LogP contribution in [0, 0.1) is 0 Å². The van der Waals surface area contributed by atoms with Gasteiger partial charge in [0.1, 0.15) is 24.7 Å². The SMILES string of the molecule is O=C(O)CC[C@@H](C(=O)O)N(CCN(CP(=O)(O)O)CP(=O)(O)O)C(CC(=O)O)C(=O)O. The molecule has 0 spiro atoms. The van der Waals surface area contributed by atoms with Crippen molar-refractivity contribution in [3.63, 3.8) is 0 Å². The quantitative estimate of drug-likeness (QED) is 0.109. The number of carboxylic acid groups (broad SMARTS) is 4. The topological polar surface area (TPSA) is 271 Å². The summed E-state index contributed by atoms with van der Waals surface area (Å²) in [6, 6.07) is -3.79. The molecule has 0 aliphatic carbocycles. The zero-order chi connectivity index (χ0) is 24.6. The Morgan fingerprint density at radius 2 is 1.16 bits per heavy atom. The van der Waals surface area contributed by atoms with Gasteiger partial charge < -0.3 is 40.0 Å². The number of carbonyl (C=O) groups is 4. The Morgan fingerprint density at radius 3 is 1.48 bits per heavy atom. The lowest BCUT2D eigenvalue weighted by Gasteiger charge is -2.35. The molecule has 0 aliphatic heterocycles. The van der Waals surface area contributed by atoms with Gasteiger partial charge in [0.25, 0.3) is 0 Å². The van der Waals surface area contributed by atoms with Crippen molar-refractivity contribution in [3.05, 3.63) is 0 Å². The fourth-order valence-corrected chi connectivity index (χ4v) is 4.38. The Hall–Kier alpha value is -1.90. The van der Waals surface area contributed by atoms with E-state index in [1.54, 1.807) is 0 Å². The van der Waals surface area contributed by atoms with Crippen LogP contribution in [0.15, 0.2) is 0 Å². The highest BCUT2D eigenvalue weighted by Gasteiger charge is 2.37. The summed E-state index contributed by atoms with van der Waals surface area (Å²) in [6.07, 6.45) is -4.76. The largest absolute Gasteiger partial charge is 0.481 e. The van der Waals surface area contributed by atoms with E-state index in [-0.39, 0.29) is 0 Å². The number of hydrogen-bond donors (Lipinski definition) is 8. The lowest BCUT2D eigenvalue weighted by atomic mass is 10.0. The fraction of sp³-hybridized carbons (Fsp3) is 0.692. The second-order valence-electron chi connectivity index (χ2n) is 6.48. The Morgan fingerprint density at radius 1 is 0.710 bits per heavy atom. The first-order valence-corrected chi connectivity index (χ1v) is 12.0. The zero-order valence-corrected chi connectivity index (χ0v) is 17.7. The van der Waals surface area contributed by atoms with E-state index < -0.39 is 96.1 Å². The summed E-state index contributed by atoms with van der Waals surface area (Å²) in [5, 5.41) is 36.5. The molecule has 0 aromatic carbocycles. The highest BCUT2D eigenvalue weighted by molar-refractivity contribution is 7.52. The second-order valence-corrected chi connectivity index (χ2v) is 9.71. The molecule has 1 unspecified atom stereocenters. The highest BCUT2D eigenvalue weighted by atomic mass is 31.2. The lowest BCUT2D eigenvalue weighted by Crippen LogP contribution is -2.54. The molecule has 0 aliphatic rings. The Kier molecular flexibility index (Phi) is 11.5. The van der Waals surface area contributed by atoms with Crippen LogP contribution in [0.4, 0.5) is 0 Å². The first kappa shape index (κ1) is 29.1. The van der Waals surface area contributed by atoms with Gasteiger partial charge in [0.2, 0.25) is 0 Å². The number of nitrogens with zero attached hydrogens (tertiary/aromatic N) is 2. The van der Waals surface area contributed by atoms with Gasteiger partial charge in [-0.2, -0.15) is 0 Å². The molecule has 180 valence electrons. The number of hydrogen-bond acceptors (Lipinski definition) is 8. The van der Waals surface area contributed by atoms with Gasteiger partial charge in [0.05, 0.1) is 6.42 Å². The van der Waals surface area contributed by atoms with Crippen molar-refractivity contribution >= 4 is 39.1 Å². The summed E-state index contributed by atoms with van der Waals surface area (Å²) in [7, 11) is -9.68. The van der Waals surface area contributed by atoms with Crippen LogP contribution >= 0.6 is 15.2 Å². The van der Waals surface area contributed by atoms with Crippen molar-refractivity contribution in [1.29, 1.82) is 0 Å². The molecular weight excluding hydrogens is 470 g/mol. The molecule has 31 heavy (non-hydrogen) atoms. The first-order valence-electron chi connectivity index (χ1n) is 8.39. The summed E-state index contributed by atoms with van der Waals surface area (Å²) in [5.74, 6) is -6.49. The molecular formula is C13H24N2O14P2. The molecule has 0 rings (SSSR count). The van der Waals surface area contributed by atoms with E-state index in [1.807, 2.05) is 0 Å². The summed E-state index contributed by atoms with van der Waals surface area (Å²) in [5.41, 5.74) is 0. The van der Waals surface area contributed by atoms with Crippen molar-refractivity contribution in [3.8, 4) is 0 Å². The summed E-state index contributed by atoms with van der Waals surface area (Å²) < 4.78 is 22.5. The fourth-order valence-electron chi connectivity index (χ4n) is 2.70. The standard InChI is InChI=1S/C13H24N2O14P2/c16-10(17)2-1-8(12(20)21)15(9(13(22)23)5-11(18)19)4-3-14(6-30(24,25)26)7-31(27,28)29/h8-9H,1-7H2,(H,16,17)(H,18,19)(H,20,21)(H,22,23)(H2,24,25,26)(H2,27,28,29)/t8-,9?/m0/s1. The molecule has 0 fully saturated rings. The van der Waals surface area contributed by atoms with Gasteiger partial charge in [-0.15, -0.1) is 0 Å². The number of carboxylic acids is 4. The molecule has 0 aromatic rings. The normalized spacial score (nSPS) is 14.4. The second kappa shape index (κ2) is 12.2. The Bertz CT molecular complexity index is 737. The predicted molar refractivity (Wildman–Crippen MR) is 99.2 cm³/mol. The Balaban J connectivity index is 5.96. The van der Waals surface area contributed by atoms with Gasteiger partial charge in [-0.25, -0.2) is 0 Å². The van der Waals surface area contributed by atoms with E-state index in [9.17, 15) is 38.5 Å². The molecule has 0 heterocycles. The molecule has 0 saturated carbocycles. The zero-order valence-electron chi connectivity index (χ0n) is 15.9.